The second-order valence-corrected chi connectivity index (χ2v) is 11.2. The number of nitrogens with one attached hydrogen (secondary N) is 1. The maximum atomic E-state index is 14.3. The highest BCUT2D eigenvalue weighted by molar-refractivity contribution is 7.18. The average Bonchev–Trinajstić information content (AvgIpc) is 3.57. The van der Waals surface area contributed by atoms with E-state index < -0.39 is 0 Å². The molecule has 3 N–H and O–H groups in total. The summed E-state index contributed by atoms with van der Waals surface area (Å²) >= 11 is 1.53. The first-order valence-corrected chi connectivity index (χ1v) is 14.7. The van der Waals surface area contributed by atoms with Crippen LogP contribution in [-0.2, 0) is 6.54 Å². The van der Waals surface area contributed by atoms with Gasteiger partial charge in [-0.2, -0.15) is 0 Å². The van der Waals surface area contributed by atoms with Crippen molar-refractivity contribution in [3.8, 4) is 17.1 Å². The number of halogens is 1. The maximum Gasteiger partial charge on any atom is 0.165 e. The number of benzene rings is 2. The van der Waals surface area contributed by atoms with Crippen LogP contribution in [0.15, 0.2) is 91.7 Å². The van der Waals surface area contributed by atoms with Gasteiger partial charge in [0.1, 0.15) is 17.2 Å². The predicted octanol–water partition coefficient (Wildman–Crippen LogP) is 7.86. The Balaban J connectivity index is 1.35. The van der Waals surface area contributed by atoms with E-state index in [0.717, 1.165) is 48.9 Å². The summed E-state index contributed by atoms with van der Waals surface area (Å²) < 4.78 is 17.2. The van der Waals surface area contributed by atoms with Crippen LogP contribution in [0.4, 0.5) is 10.2 Å². The Morgan fingerprint density at radius 1 is 1.05 bits per heavy atom. The lowest BCUT2D eigenvalue weighted by Crippen LogP contribution is -2.11. The fourth-order valence-corrected chi connectivity index (χ4v) is 6.00. The minimum Gasteiger partial charge on any atom is -0.383 e. The standard InChI is InChI=1S/C34H30FN7S/c1-5-8-23(6-2)28-14-15-29-34(40-28)42(33(41-29)26-9-7-16-37-32(26)36)25-12-10-22(11-13-25)19-38-20(3)27-17-24(35)18-30-31(27)43-21(4)39-30/h5-18,38H,3,19H2,1-2,4H3,(H2,36,37)/b8-5-,23-6+. The van der Waals surface area contributed by atoms with Gasteiger partial charge in [0.2, 0.25) is 0 Å². The average molecular weight is 588 g/mol. The largest absolute Gasteiger partial charge is 0.383 e. The van der Waals surface area contributed by atoms with Gasteiger partial charge in [-0.3, -0.25) is 4.57 Å². The lowest BCUT2D eigenvalue weighted by molar-refractivity contribution is 0.629. The van der Waals surface area contributed by atoms with Gasteiger partial charge in [-0.1, -0.05) is 36.9 Å². The molecule has 7 nitrogen and oxygen atoms in total. The zero-order chi connectivity index (χ0) is 30.1. The topological polar surface area (TPSA) is 94.5 Å². The maximum absolute atomic E-state index is 14.3. The van der Waals surface area contributed by atoms with Gasteiger partial charge in [-0.05, 0) is 74.4 Å². The van der Waals surface area contributed by atoms with Gasteiger partial charge < -0.3 is 11.1 Å². The summed E-state index contributed by atoms with van der Waals surface area (Å²) in [7, 11) is 0. The molecular formula is C34H30FN7S. The van der Waals surface area contributed by atoms with Crippen LogP contribution in [0.25, 0.3) is 49.7 Å². The third kappa shape index (κ3) is 5.42. The van der Waals surface area contributed by atoms with Crippen LogP contribution in [0.1, 0.15) is 35.7 Å². The van der Waals surface area contributed by atoms with E-state index in [4.69, 9.17) is 15.7 Å². The van der Waals surface area contributed by atoms with Crippen LogP contribution in [0, 0.1) is 12.7 Å². The zero-order valence-electron chi connectivity index (χ0n) is 24.1. The van der Waals surface area contributed by atoms with Crippen LogP contribution in [-0.4, -0.2) is 24.5 Å². The summed E-state index contributed by atoms with van der Waals surface area (Å²) in [5.41, 5.74) is 14.3. The van der Waals surface area contributed by atoms with Gasteiger partial charge in [0.25, 0.3) is 0 Å². The van der Waals surface area contributed by atoms with Crippen molar-refractivity contribution < 1.29 is 4.39 Å². The van der Waals surface area contributed by atoms with Crippen molar-refractivity contribution in [3.63, 3.8) is 0 Å². The van der Waals surface area contributed by atoms with Crippen LogP contribution in [0.3, 0.4) is 0 Å². The van der Waals surface area contributed by atoms with Gasteiger partial charge in [0, 0.05) is 35.8 Å². The van der Waals surface area contributed by atoms with Gasteiger partial charge in [-0.15, -0.1) is 11.3 Å². The number of imidazole rings is 1. The van der Waals surface area contributed by atoms with E-state index in [2.05, 4.69) is 21.9 Å². The number of hydrogen-bond acceptors (Lipinski definition) is 7. The van der Waals surface area contributed by atoms with Gasteiger partial charge in [-0.25, -0.2) is 24.3 Å². The van der Waals surface area contributed by atoms with Crippen molar-refractivity contribution in [1.82, 2.24) is 29.8 Å². The number of allylic oxidation sites excluding steroid dienone is 4. The second-order valence-electron chi connectivity index (χ2n) is 10.0. The zero-order valence-corrected chi connectivity index (χ0v) is 24.9. The highest BCUT2D eigenvalue weighted by atomic mass is 32.1. The number of nitrogens with two attached hydrogens (primary N) is 1. The number of thiazole rings is 1. The number of hydrogen-bond donors (Lipinski definition) is 2. The number of aromatic nitrogens is 5. The normalized spacial score (nSPS) is 12.0. The number of pyridine rings is 2. The third-order valence-corrected chi connectivity index (χ3v) is 8.14. The highest BCUT2D eigenvalue weighted by Gasteiger charge is 2.19. The fourth-order valence-electron chi connectivity index (χ4n) is 5.06. The predicted molar refractivity (Wildman–Crippen MR) is 175 cm³/mol. The van der Waals surface area contributed by atoms with Crippen molar-refractivity contribution in [2.75, 3.05) is 5.73 Å². The van der Waals surface area contributed by atoms with Crippen molar-refractivity contribution in [2.24, 2.45) is 0 Å². The smallest absolute Gasteiger partial charge is 0.165 e. The molecule has 0 aliphatic heterocycles. The number of rotatable bonds is 8. The molecule has 0 atom stereocenters. The molecule has 0 saturated carbocycles. The summed E-state index contributed by atoms with van der Waals surface area (Å²) in [6.07, 6.45) is 7.74. The monoisotopic (exact) mass is 587 g/mol. The summed E-state index contributed by atoms with van der Waals surface area (Å²) in [5, 5.41) is 4.24. The summed E-state index contributed by atoms with van der Waals surface area (Å²) in [5.74, 6) is 0.721. The van der Waals surface area contributed by atoms with Crippen molar-refractivity contribution in [2.45, 2.75) is 27.3 Å². The van der Waals surface area contributed by atoms with Gasteiger partial charge in [0.15, 0.2) is 11.5 Å². The van der Waals surface area contributed by atoms with E-state index >= 15 is 0 Å². The Morgan fingerprint density at radius 3 is 2.60 bits per heavy atom. The summed E-state index contributed by atoms with van der Waals surface area (Å²) in [6, 6.07) is 18.8. The molecule has 9 heteroatoms. The Bertz CT molecular complexity index is 2050. The van der Waals surface area contributed by atoms with E-state index in [9.17, 15) is 4.39 Å². The quantitative estimate of drug-likeness (QED) is 0.176. The molecule has 0 bridgehead atoms. The van der Waals surface area contributed by atoms with E-state index in [1.165, 1.54) is 23.5 Å². The Kier molecular flexibility index (Phi) is 7.56. The third-order valence-electron chi connectivity index (χ3n) is 7.12. The Hall–Kier alpha value is -5.15. The number of anilines is 1. The second kappa shape index (κ2) is 11.6. The number of fused-ring (bicyclic) bond motifs is 2. The van der Waals surface area contributed by atoms with Gasteiger partial charge in [0.05, 0.1) is 26.5 Å². The molecule has 0 unspecified atom stereocenters. The summed E-state index contributed by atoms with van der Waals surface area (Å²) in [6.45, 7) is 10.6. The number of aryl methyl sites for hydroxylation is 1. The van der Waals surface area contributed by atoms with Crippen molar-refractivity contribution in [3.05, 3.63) is 119 Å². The molecular weight excluding hydrogens is 557 g/mol. The van der Waals surface area contributed by atoms with E-state index in [1.807, 2.05) is 92.1 Å². The van der Waals surface area contributed by atoms with Crippen LogP contribution in [0.2, 0.25) is 0 Å². The van der Waals surface area contributed by atoms with E-state index in [1.54, 1.807) is 6.20 Å². The molecule has 43 heavy (non-hydrogen) atoms. The van der Waals surface area contributed by atoms with Crippen LogP contribution >= 0.6 is 11.3 Å². The molecule has 6 rings (SSSR count). The SMILES string of the molecule is C=C(NCc1ccc(-n2c(-c3cccnc3N)nc3ccc(C(/C=C\C)=C/C)nc32)cc1)c1cc(F)cc2nc(C)sc12. The lowest BCUT2D eigenvalue weighted by atomic mass is 10.1. The Labute approximate surface area is 253 Å². The molecule has 0 radical (unpaired) electrons. The Morgan fingerprint density at radius 2 is 1.86 bits per heavy atom. The molecule has 0 aliphatic carbocycles. The fraction of sp³-hybridized carbons (Fsp3) is 0.118. The molecule has 0 amide bonds. The molecule has 0 fully saturated rings. The molecule has 6 aromatic rings. The lowest BCUT2D eigenvalue weighted by Gasteiger charge is -2.13. The van der Waals surface area contributed by atoms with E-state index in [-0.39, 0.29) is 5.82 Å². The molecule has 214 valence electrons. The number of nitrogens with zero attached hydrogens (tertiary/aromatic N) is 5. The number of nitrogen functional groups attached to an aromatic ring is 1. The minimum atomic E-state index is -0.332. The van der Waals surface area contributed by atoms with Gasteiger partial charge >= 0.3 is 0 Å². The first-order chi connectivity index (χ1) is 20.9. The molecule has 4 heterocycles. The first-order valence-electron chi connectivity index (χ1n) is 13.8. The molecule has 0 aliphatic rings. The molecule has 2 aromatic carbocycles. The van der Waals surface area contributed by atoms with Crippen LogP contribution in [0.5, 0.6) is 0 Å². The first kappa shape index (κ1) is 28.0. The highest BCUT2D eigenvalue weighted by Crippen LogP contribution is 2.32. The van der Waals surface area contributed by atoms with Crippen molar-refractivity contribution >= 4 is 49.8 Å². The molecule has 0 spiro atoms. The minimum absolute atomic E-state index is 0.332. The van der Waals surface area contributed by atoms with Crippen LogP contribution < -0.4 is 11.1 Å². The van der Waals surface area contributed by atoms with E-state index in [0.29, 0.717) is 35.0 Å². The summed E-state index contributed by atoms with van der Waals surface area (Å²) in [4.78, 5) is 18.7. The molecule has 4 aromatic heterocycles. The molecule has 0 saturated heterocycles. The van der Waals surface area contributed by atoms with Crippen molar-refractivity contribution in [1.29, 1.82) is 0 Å².